The monoisotopic (exact) mass is 338 g/mol. The minimum absolute atomic E-state index is 0.0625. The highest BCUT2D eigenvalue weighted by Crippen LogP contribution is 2.24. The first-order chi connectivity index (χ1) is 12.2. The molecule has 0 radical (unpaired) electrons. The SMILES string of the molecule is COC[C@@H]1CN(C(=O)c2cn(C)c3ccccc23)Cc2cncn2C1. The van der Waals surface area contributed by atoms with Crippen molar-refractivity contribution in [3.05, 3.63) is 54.2 Å². The van der Waals surface area contributed by atoms with Crippen molar-refractivity contribution in [2.24, 2.45) is 13.0 Å². The third-order valence-electron chi connectivity index (χ3n) is 4.90. The number of imidazole rings is 1. The van der Waals surface area contributed by atoms with Gasteiger partial charge in [0.15, 0.2) is 0 Å². The van der Waals surface area contributed by atoms with E-state index in [1.165, 1.54) is 0 Å². The van der Waals surface area contributed by atoms with Gasteiger partial charge in [-0.25, -0.2) is 4.98 Å². The van der Waals surface area contributed by atoms with Crippen molar-refractivity contribution in [3.8, 4) is 0 Å². The fourth-order valence-electron chi connectivity index (χ4n) is 3.73. The van der Waals surface area contributed by atoms with Gasteiger partial charge in [0.1, 0.15) is 0 Å². The average Bonchev–Trinajstić information content (AvgIpc) is 3.14. The van der Waals surface area contributed by atoms with Gasteiger partial charge in [-0.3, -0.25) is 4.79 Å². The van der Waals surface area contributed by atoms with Gasteiger partial charge in [0.25, 0.3) is 5.91 Å². The predicted octanol–water partition coefficient (Wildman–Crippen LogP) is 2.29. The molecular weight excluding hydrogens is 316 g/mol. The van der Waals surface area contributed by atoms with Crippen LogP contribution in [0, 0.1) is 5.92 Å². The Balaban J connectivity index is 1.70. The maximum absolute atomic E-state index is 13.3. The fraction of sp³-hybridized carbons (Fsp3) is 0.368. The van der Waals surface area contributed by atoms with E-state index in [0.29, 0.717) is 19.7 Å². The van der Waals surface area contributed by atoms with Gasteiger partial charge in [0.2, 0.25) is 0 Å². The van der Waals surface area contributed by atoms with Crippen LogP contribution in [0.3, 0.4) is 0 Å². The second-order valence-corrected chi connectivity index (χ2v) is 6.72. The summed E-state index contributed by atoms with van der Waals surface area (Å²) in [5.74, 6) is 0.312. The highest BCUT2D eigenvalue weighted by molar-refractivity contribution is 6.06. The van der Waals surface area contributed by atoms with Gasteiger partial charge in [-0.1, -0.05) is 18.2 Å². The number of carbonyl (C=O) groups is 1. The molecule has 0 N–H and O–H groups in total. The normalized spacial score (nSPS) is 17.5. The van der Waals surface area contributed by atoms with Crippen molar-refractivity contribution in [1.29, 1.82) is 0 Å². The first-order valence-electron chi connectivity index (χ1n) is 8.48. The Morgan fingerprint density at radius 3 is 3.00 bits per heavy atom. The van der Waals surface area contributed by atoms with E-state index in [1.807, 2.05) is 59.5 Å². The molecule has 0 fully saturated rings. The van der Waals surface area contributed by atoms with E-state index in [2.05, 4.69) is 9.55 Å². The molecule has 2 aromatic heterocycles. The summed E-state index contributed by atoms with van der Waals surface area (Å²) in [7, 11) is 3.68. The highest BCUT2D eigenvalue weighted by atomic mass is 16.5. The number of methoxy groups -OCH3 is 1. The summed E-state index contributed by atoms with van der Waals surface area (Å²) in [4.78, 5) is 19.5. The van der Waals surface area contributed by atoms with E-state index in [1.54, 1.807) is 7.11 Å². The van der Waals surface area contributed by atoms with E-state index < -0.39 is 0 Å². The fourth-order valence-corrected chi connectivity index (χ4v) is 3.73. The number of rotatable bonds is 3. The Bertz CT molecular complexity index is 911. The van der Waals surface area contributed by atoms with Gasteiger partial charge >= 0.3 is 0 Å². The second-order valence-electron chi connectivity index (χ2n) is 6.72. The van der Waals surface area contributed by atoms with E-state index >= 15 is 0 Å². The van der Waals surface area contributed by atoms with Crippen LogP contribution in [0.1, 0.15) is 16.1 Å². The summed E-state index contributed by atoms with van der Waals surface area (Å²) in [6.07, 6.45) is 5.61. The van der Waals surface area contributed by atoms with Crippen LogP contribution in [-0.2, 0) is 24.9 Å². The number of para-hydroxylation sites is 1. The number of amides is 1. The third kappa shape index (κ3) is 2.82. The van der Waals surface area contributed by atoms with Crippen molar-refractivity contribution in [3.63, 3.8) is 0 Å². The van der Waals surface area contributed by atoms with Crippen molar-refractivity contribution in [1.82, 2.24) is 19.0 Å². The third-order valence-corrected chi connectivity index (χ3v) is 4.90. The van der Waals surface area contributed by atoms with Crippen molar-refractivity contribution >= 4 is 16.8 Å². The minimum atomic E-state index is 0.0625. The Labute approximate surface area is 146 Å². The Hall–Kier alpha value is -2.60. The van der Waals surface area contributed by atoms with Crippen LogP contribution >= 0.6 is 0 Å². The summed E-state index contributed by atoms with van der Waals surface area (Å²) in [6, 6.07) is 8.02. The average molecular weight is 338 g/mol. The molecule has 1 aromatic carbocycles. The first kappa shape index (κ1) is 15.9. The topological polar surface area (TPSA) is 52.3 Å². The van der Waals surface area contributed by atoms with Gasteiger partial charge in [-0.05, 0) is 6.07 Å². The molecule has 0 saturated carbocycles. The number of ether oxygens (including phenoxy) is 1. The molecule has 130 valence electrons. The van der Waals surface area contributed by atoms with Crippen molar-refractivity contribution in [2.45, 2.75) is 13.1 Å². The Morgan fingerprint density at radius 1 is 1.32 bits per heavy atom. The lowest BCUT2D eigenvalue weighted by Gasteiger charge is -2.23. The zero-order valence-electron chi connectivity index (χ0n) is 14.6. The number of hydrogen-bond donors (Lipinski definition) is 0. The van der Waals surface area contributed by atoms with Crippen LogP contribution in [-0.4, -0.2) is 45.2 Å². The van der Waals surface area contributed by atoms with Crippen LogP contribution < -0.4 is 0 Å². The predicted molar refractivity (Wildman–Crippen MR) is 95.3 cm³/mol. The van der Waals surface area contributed by atoms with Crippen LogP contribution in [0.15, 0.2) is 43.0 Å². The second kappa shape index (κ2) is 6.37. The van der Waals surface area contributed by atoms with Gasteiger partial charge in [0.05, 0.1) is 30.7 Å². The van der Waals surface area contributed by atoms with Crippen molar-refractivity contribution < 1.29 is 9.53 Å². The summed E-state index contributed by atoms with van der Waals surface area (Å²) >= 11 is 0. The Kier molecular flexibility index (Phi) is 4.05. The Morgan fingerprint density at radius 2 is 2.16 bits per heavy atom. The molecule has 0 unspecified atom stereocenters. The number of aromatic nitrogens is 3. The minimum Gasteiger partial charge on any atom is -0.384 e. The van der Waals surface area contributed by atoms with Gasteiger partial charge in [-0.15, -0.1) is 0 Å². The number of carbonyl (C=O) groups excluding carboxylic acids is 1. The summed E-state index contributed by atoms with van der Waals surface area (Å²) in [5, 5.41) is 0.996. The molecule has 3 heterocycles. The molecule has 0 aliphatic carbocycles. The summed E-state index contributed by atoms with van der Waals surface area (Å²) in [5.41, 5.74) is 2.88. The number of benzene rings is 1. The first-order valence-corrected chi connectivity index (χ1v) is 8.48. The molecule has 1 aliphatic heterocycles. The maximum atomic E-state index is 13.3. The molecule has 1 atom stereocenters. The molecule has 1 amide bonds. The lowest BCUT2D eigenvalue weighted by molar-refractivity contribution is 0.0669. The van der Waals surface area contributed by atoms with E-state index in [0.717, 1.165) is 28.7 Å². The molecule has 0 bridgehead atoms. The molecule has 1 aliphatic rings. The molecule has 6 nitrogen and oxygen atoms in total. The van der Waals surface area contributed by atoms with E-state index in [9.17, 15) is 4.79 Å². The number of fused-ring (bicyclic) bond motifs is 2. The smallest absolute Gasteiger partial charge is 0.256 e. The van der Waals surface area contributed by atoms with Crippen LogP contribution in [0.2, 0.25) is 0 Å². The molecule has 4 rings (SSSR count). The highest BCUT2D eigenvalue weighted by Gasteiger charge is 2.27. The zero-order valence-corrected chi connectivity index (χ0v) is 14.6. The van der Waals surface area contributed by atoms with Gasteiger partial charge < -0.3 is 18.8 Å². The van der Waals surface area contributed by atoms with Crippen LogP contribution in [0.25, 0.3) is 10.9 Å². The quantitative estimate of drug-likeness (QED) is 0.736. The number of nitrogens with zero attached hydrogens (tertiary/aromatic N) is 4. The van der Waals surface area contributed by atoms with Crippen LogP contribution in [0.5, 0.6) is 0 Å². The molecule has 0 saturated heterocycles. The summed E-state index contributed by atoms with van der Waals surface area (Å²) < 4.78 is 9.50. The number of hydrogen-bond acceptors (Lipinski definition) is 3. The van der Waals surface area contributed by atoms with Gasteiger partial charge in [0, 0.05) is 56.5 Å². The summed E-state index contributed by atoms with van der Waals surface area (Å²) in [6.45, 7) is 2.69. The molecule has 6 heteroatoms. The van der Waals surface area contributed by atoms with E-state index in [-0.39, 0.29) is 11.8 Å². The van der Waals surface area contributed by atoms with Crippen molar-refractivity contribution in [2.75, 3.05) is 20.3 Å². The van der Waals surface area contributed by atoms with E-state index in [4.69, 9.17) is 4.74 Å². The molecular formula is C19H22N4O2. The maximum Gasteiger partial charge on any atom is 0.256 e. The zero-order chi connectivity index (χ0) is 17.4. The molecule has 25 heavy (non-hydrogen) atoms. The lowest BCUT2D eigenvalue weighted by atomic mass is 10.1. The number of aryl methyl sites for hydroxylation is 1. The molecule has 3 aromatic rings. The largest absolute Gasteiger partial charge is 0.384 e. The molecule has 0 spiro atoms. The lowest BCUT2D eigenvalue weighted by Crippen LogP contribution is -2.35. The standard InChI is InChI=1S/C19H22N4O2/c1-21-11-17(16-5-3-4-6-18(16)21)19(24)22-8-14(12-25-2)9-23-13-20-7-15(23)10-22/h3-7,11,13-14H,8-10,12H2,1-2H3/t14-/m1/s1. The van der Waals surface area contributed by atoms with Crippen LogP contribution in [0.4, 0.5) is 0 Å². The van der Waals surface area contributed by atoms with Gasteiger partial charge in [-0.2, -0.15) is 0 Å².